The Morgan fingerprint density at radius 3 is 2.69 bits per heavy atom. The number of hydrogen-bond acceptors (Lipinski definition) is 4. The molecule has 1 atom stereocenters. The van der Waals surface area contributed by atoms with Crippen molar-refractivity contribution in [2.24, 2.45) is 5.73 Å². The Balaban J connectivity index is 1.50. The lowest BCUT2D eigenvalue weighted by Crippen LogP contribution is -2.24. The fraction of sp³-hybridized carbons (Fsp3) is 0.103. The quantitative estimate of drug-likeness (QED) is 0.299. The molecule has 0 radical (unpaired) electrons. The number of nitrogens with zero attached hydrogens (tertiary/aromatic N) is 2. The number of H-pyrrole nitrogens is 1. The van der Waals surface area contributed by atoms with Crippen LogP contribution in [0.4, 0.5) is 10.1 Å². The number of fused-ring (bicyclic) bond motifs is 2. The number of pyridine rings is 1. The first-order valence-corrected chi connectivity index (χ1v) is 11.6. The molecule has 0 saturated heterocycles. The molecule has 2 aromatic heterocycles. The number of hydrogen-bond donors (Lipinski definition) is 3. The van der Waals surface area contributed by atoms with E-state index in [1.807, 2.05) is 55.5 Å². The van der Waals surface area contributed by atoms with E-state index in [1.165, 1.54) is 12.1 Å². The molecule has 0 aliphatic carbocycles. The minimum Gasteiger partial charge on any atom is -0.374 e. The SMILES string of the molecule is Cc1c(-c2ccc(C(N)O)c3[nH]c(-c4cccnc4)cc23)cccc1N1Cc2ccc(F)cc2C1=O. The van der Waals surface area contributed by atoms with Gasteiger partial charge in [-0.15, -0.1) is 0 Å². The summed E-state index contributed by atoms with van der Waals surface area (Å²) in [4.78, 5) is 22.5. The van der Waals surface area contributed by atoms with Crippen molar-refractivity contribution in [1.29, 1.82) is 0 Å². The smallest absolute Gasteiger partial charge is 0.259 e. The summed E-state index contributed by atoms with van der Waals surface area (Å²) in [5.74, 6) is -0.632. The first kappa shape index (κ1) is 22.2. The van der Waals surface area contributed by atoms with Crippen LogP contribution in [-0.2, 0) is 6.54 Å². The Labute approximate surface area is 206 Å². The zero-order valence-corrected chi connectivity index (χ0v) is 19.5. The number of benzene rings is 3. The van der Waals surface area contributed by atoms with Gasteiger partial charge in [-0.1, -0.05) is 30.3 Å². The van der Waals surface area contributed by atoms with E-state index in [2.05, 4.69) is 9.97 Å². The first-order valence-electron chi connectivity index (χ1n) is 11.6. The monoisotopic (exact) mass is 478 g/mol. The minimum atomic E-state index is -1.14. The molecule has 3 heterocycles. The van der Waals surface area contributed by atoms with Gasteiger partial charge in [-0.3, -0.25) is 9.78 Å². The summed E-state index contributed by atoms with van der Waals surface area (Å²) in [5.41, 5.74) is 13.8. The van der Waals surface area contributed by atoms with Gasteiger partial charge >= 0.3 is 0 Å². The summed E-state index contributed by atoms with van der Waals surface area (Å²) in [6, 6.07) is 19.8. The molecule has 1 aliphatic rings. The highest BCUT2D eigenvalue weighted by Gasteiger charge is 2.30. The average Bonchev–Trinajstić information content (AvgIpc) is 3.46. The maximum Gasteiger partial charge on any atom is 0.259 e. The maximum atomic E-state index is 13.8. The lowest BCUT2D eigenvalue weighted by Gasteiger charge is -2.21. The number of halogens is 1. The predicted molar refractivity (Wildman–Crippen MR) is 138 cm³/mol. The predicted octanol–water partition coefficient (Wildman–Crippen LogP) is 5.45. The van der Waals surface area contributed by atoms with Gasteiger partial charge in [0.25, 0.3) is 5.91 Å². The Kier molecular flexibility index (Phi) is 5.17. The van der Waals surface area contributed by atoms with Crippen molar-refractivity contribution in [3.8, 4) is 22.4 Å². The van der Waals surface area contributed by atoms with Crippen molar-refractivity contribution in [3.05, 3.63) is 107 Å². The zero-order valence-electron chi connectivity index (χ0n) is 19.5. The minimum absolute atomic E-state index is 0.211. The summed E-state index contributed by atoms with van der Waals surface area (Å²) in [6.07, 6.45) is 2.35. The standard InChI is InChI=1S/C29H23FN4O2/c1-16-20(5-2-6-26(16)34-15-18-7-8-19(30)12-23(18)29(34)36)21-9-10-22(28(31)35)27-24(21)13-25(33-27)17-4-3-11-32-14-17/h2-14,28,33,35H,15,31H2,1H3. The third-order valence-electron chi connectivity index (χ3n) is 6.88. The fourth-order valence-corrected chi connectivity index (χ4v) is 5.08. The van der Waals surface area contributed by atoms with Gasteiger partial charge in [-0.25, -0.2) is 4.39 Å². The summed E-state index contributed by atoms with van der Waals surface area (Å²) >= 11 is 0. The van der Waals surface area contributed by atoms with Crippen LogP contribution in [0.2, 0.25) is 0 Å². The molecule has 0 spiro atoms. The van der Waals surface area contributed by atoms with Crippen LogP contribution in [0.3, 0.4) is 0 Å². The van der Waals surface area contributed by atoms with Gasteiger partial charge in [-0.05, 0) is 65.6 Å². The summed E-state index contributed by atoms with van der Waals surface area (Å²) in [6.45, 7) is 2.37. The molecular weight excluding hydrogens is 455 g/mol. The van der Waals surface area contributed by atoms with E-state index in [9.17, 15) is 14.3 Å². The molecular formula is C29H23FN4O2. The number of rotatable bonds is 4. The van der Waals surface area contributed by atoms with E-state index in [4.69, 9.17) is 5.73 Å². The number of carbonyl (C=O) groups is 1. The van der Waals surface area contributed by atoms with Crippen molar-refractivity contribution >= 4 is 22.5 Å². The third-order valence-corrected chi connectivity index (χ3v) is 6.88. The van der Waals surface area contributed by atoms with Crippen molar-refractivity contribution in [1.82, 2.24) is 9.97 Å². The van der Waals surface area contributed by atoms with Crippen LogP contribution < -0.4 is 10.6 Å². The second-order valence-electron chi connectivity index (χ2n) is 9.00. The first-order chi connectivity index (χ1) is 17.4. The van der Waals surface area contributed by atoms with Crippen LogP contribution in [0.1, 0.15) is 33.3 Å². The van der Waals surface area contributed by atoms with Gasteiger partial charge in [0.15, 0.2) is 0 Å². The number of aromatic amines is 1. The largest absolute Gasteiger partial charge is 0.374 e. The van der Waals surface area contributed by atoms with E-state index in [0.29, 0.717) is 17.7 Å². The average molecular weight is 479 g/mol. The van der Waals surface area contributed by atoms with E-state index >= 15 is 0 Å². The van der Waals surface area contributed by atoms with Crippen molar-refractivity contribution in [3.63, 3.8) is 0 Å². The van der Waals surface area contributed by atoms with Gasteiger partial charge < -0.3 is 20.7 Å². The van der Waals surface area contributed by atoms with Crippen molar-refractivity contribution in [2.75, 3.05) is 4.90 Å². The van der Waals surface area contributed by atoms with Crippen LogP contribution in [0.25, 0.3) is 33.3 Å². The highest BCUT2D eigenvalue weighted by molar-refractivity contribution is 6.11. The molecule has 5 aromatic rings. The second-order valence-corrected chi connectivity index (χ2v) is 9.00. The molecule has 0 fully saturated rings. The molecule has 7 heteroatoms. The van der Waals surface area contributed by atoms with Crippen LogP contribution in [0.5, 0.6) is 0 Å². The van der Waals surface area contributed by atoms with Crippen LogP contribution >= 0.6 is 0 Å². The maximum absolute atomic E-state index is 13.8. The molecule has 178 valence electrons. The van der Waals surface area contributed by atoms with Gasteiger partial charge in [-0.2, -0.15) is 0 Å². The Morgan fingerprint density at radius 1 is 1.06 bits per heavy atom. The molecule has 6 nitrogen and oxygen atoms in total. The number of nitrogens with two attached hydrogens (primary N) is 1. The zero-order chi connectivity index (χ0) is 25.0. The highest BCUT2D eigenvalue weighted by atomic mass is 19.1. The molecule has 3 aromatic carbocycles. The molecule has 1 unspecified atom stereocenters. The molecule has 0 saturated carbocycles. The van der Waals surface area contributed by atoms with Crippen LogP contribution in [0, 0.1) is 12.7 Å². The Hall–Kier alpha value is -4.33. The van der Waals surface area contributed by atoms with Gasteiger partial charge in [0.05, 0.1) is 12.1 Å². The lowest BCUT2D eigenvalue weighted by molar-refractivity contribution is 0.0996. The van der Waals surface area contributed by atoms with E-state index in [-0.39, 0.29) is 5.91 Å². The normalized spacial score (nSPS) is 13.9. The van der Waals surface area contributed by atoms with Crippen molar-refractivity contribution in [2.45, 2.75) is 19.7 Å². The number of amides is 1. The van der Waals surface area contributed by atoms with Crippen LogP contribution in [-0.4, -0.2) is 21.0 Å². The van der Waals surface area contributed by atoms with E-state index in [1.54, 1.807) is 23.4 Å². The number of aliphatic hydroxyl groups excluding tert-OH is 1. The molecule has 4 N–H and O–H groups in total. The third kappa shape index (κ3) is 3.48. The number of nitrogens with one attached hydrogen (secondary N) is 1. The van der Waals surface area contributed by atoms with E-state index in [0.717, 1.165) is 50.1 Å². The van der Waals surface area contributed by atoms with Gasteiger partial charge in [0.2, 0.25) is 0 Å². The Bertz CT molecular complexity index is 1640. The lowest BCUT2D eigenvalue weighted by atomic mass is 9.94. The molecule has 1 aliphatic heterocycles. The number of aliphatic hydroxyl groups is 1. The number of carbonyl (C=O) groups excluding carboxylic acids is 1. The summed E-state index contributed by atoms with van der Waals surface area (Å²) < 4.78 is 13.8. The van der Waals surface area contributed by atoms with E-state index < -0.39 is 12.0 Å². The van der Waals surface area contributed by atoms with Gasteiger partial charge in [0, 0.05) is 45.9 Å². The summed E-state index contributed by atoms with van der Waals surface area (Å²) in [7, 11) is 0. The number of aromatic nitrogens is 2. The molecule has 36 heavy (non-hydrogen) atoms. The van der Waals surface area contributed by atoms with Gasteiger partial charge in [0.1, 0.15) is 12.0 Å². The van der Waals surface area contributed by atoms with Crippen LogP contribution in [0.15, 0.2) is 79.1 Å². The Morgan fingerprint density at radius 2 is 1.92 bits per heavy atom. The number of anilines is 1. The fourth-order valence-electron chi connectivity index (χ4n) is 5.08. The highest BCUT2D eigenvalue weighted by Crippen LogP contribution is 2.40. The molecule has 1 amide bonds. The molecule has 6 rings (SSSR count). The van der Waals surface area contributed by atoms with Crippen molar-refractivity contribution < 1.29 is 14.3 Å². The summed E-state index contributed by atoms with van der Waals surface area (Å²) in [5, 5.41) is 11.1. The topological polar surface area (TPSA) is 95.2 Å². The molecule has 0 bridgehead atoms. The second kappa shape index (κ2) is 8.41.